The fourth-order valence-corrected chi connectivity index (χ4v) is 4.56. The first-order valence-electron chi connectivity index (χ1n) is 11.6. The van der Waals surface area contributed by atoms with Crippen molar-refractivity contribution in [1.29, 1.82) is 0 Å². The molecule has 2 N–H and O–H groups in total. The average molecular weight is 551 g/mol. The van der Waals surface area contributed by atoms with Gasteiger partial charge in [0.15, 0.2) is 5.65 Å². The highest BCUT2D eigenvalue weighted by molar-refractivity contribution is 9.10. The summed E-state index contributed by atoms with van der Waals surface area (Å²) in [7, 11) is 2.07. The molecule has 36 heavy (non-hydrogen) atoms. The summed E-state index contributed by atoms with van der Waals surface area (Å²) < 4.78 is 19.8. The second kappa shape index (κ2) is 10.5. The number of anilines is 2. The van der Waals surface area contributed by atoms with Gasteiger partial charge in [-0.1, -0.05) is 34.1 Å². The molecule has 0 atom stereocenters. The van der Waals surface area contributed by atoms with E-state index in [0.29, 0.717) is 22.3 Å². The maximum atomic E-state index is 13.2. The lowest BCUT2D eigenvalue weighted by atomic mass is 10.1. The number of pyridine rings is 1. The van der Waals surface area contributed by atoms with Crippen molar-refractivity contribution in [2.75, 3.05) is 25.5 Å². The van der Waals surface area contributed by atoms with E-state index in [9.17, 15) is 9.18 Å². The maximum Gasteiger partial charge on any atom is 0.414 e. The van der Waals surface area contributed by atoms with Gasteiger partial charge in [0.05, 0.1) is 0 Å². The standard InChI is InChI=1S/C26H24BrFN6O2/c1-34-12-10-19(11-13-34)31-26(35)36-24-21(20-4-2-3-5-22(20)27)14-16-15-29-25(33-23(16)32-24)30-18-8-6-17(28)7-9-18/h2-9,14-15,19H,10-13H2,1H3,(H,31,35)(H,29,30,32,33). The molecular formula is C26H24BrFN6O2. The highest BCUT2D eigenvalue weighted by atomic mass is 79.9. The van der Waals surface area contributed by atoms with Crippen LogP contribution in [0.15, 0.2) is 65.3 Å². The Labute approximate surface area is 216 Å². The monoisotopic (exact) mass is 550 g/mol. The van der Waals surface area contributed by atoms with Gasteiger partial charge in [0.2, 0.25) is 11.8 Å². The van der Waals surface area contributed by atoms with Crippen LogP contribution in [0, 0.1) is 5.82 Å². The van der Waals surface area contributed by atoms with Crippen LogP contribution >= 0.6 is 15.9 Å². The molecule has 1 amide bonds. The first-order chi connectivity index (χ1) is 17.4. The highest BCUT2D eigenvalue weighted by Gasteiger charge is 2.22. The number of carbonyl (C=O) groups excluding carboxylic acids is 1. The van der Waals surface area contributed by atoms with Crippen molar-refractivity contribution >= 4 is 44.7 Å². The molecule has 4 aromatic rings. The van der Waals surface area contributed by atoms with Gasteiger partial charge in [0.25, 0.3) is 0 Å². The van der Waals surface area contributed by atoms with Crippen LogP contribution in [-0.2, 0) is 0 Å². The zero-order chi connectivity index (χ0) is 25.1. The fraction of sp³-hybridized carbons (Fsp3) is 0.231. The summed E-state index contributed by atoms with van der Waals surface area (Å²) in [6.45, 7) is 1.84. The number of amides is 1. The number of carbonyl (C=O) groups is 1. The van der Waals surface area contributed by atoms with E-state index in [4.69, 9.17) is 4.74 Å². The number of rotatable bonds is 5. The van der Waals surface area contributed by atoms with Crippen LogP contribution in [0.5, 0.6) is 5.88 Å². The first-order valence-corrected chi connectivity index (χ1v) is 12.4. The van der Waals surface area contributed by atoms with Gasteiger partial charge in [0, 0.05) is 38.9 Å². The Balaban J connectivity index is 1.47. The Kier molecular flexibility index (Phi) is 7.06. The van der Waals surface area contributed by atoms with Gasteiger partial charge in [-0.05, 0) is 69.4 Å². The molecule has 2 aromatic carbocycles. The number of likely N-dealkylation sites (tertiary alicyclic amines) is 1. The third-order valence-electron chi connectivity index (χ3n) is 6.03. The molecule has 0 saturated carbocycles. The fourth-order valence-electron chi connectivity index (χ4n) is 4.06. The predicted molar refractivity (Wildman–Crippen MR) is 140 cm³/mol. The zero-order valence-corrected chi connectivity index (χ0v) is 21.1. The van der Waals surface area contributed by atoms with Gasteiger partial charge in [-0.25, -0.2) is 14.2 Å². The van der Waals surface area contributed by atoms with Crippen LogP contribution in [0.2, 0.25) is 0 Å². The number of aromatic nitrogens is 3. The van der Waals surface area contributed by atoms with E-state index in [0.717, 1.165) is 36.0 Å². The summed E-state index contributed by atoms with van der Waals surface area (Å²) in [5.41, 5.74) is 2.45. The summed E-state index contributed by atoms with van der Waals surface area (Å²) in [6, 6.07) is 15.4. The van der Waals surface area contributed by atoms with Gasteiger partial charge < -0.3 is 20.3 Å². The van der Waals surface area contributed by atoms with Crippen LogP contribution in [0.3, 0.4) is 0 Å². The smallest absolute Gasteiger partial charge is 0.391 e. The van der Waals surface area contributed by atoms with Crippen LogP contribution in [0.25, 0.3) is 22.2 Å². The Morgan fingerprint density at radius 3 is 2.58 bits per heavy atom. The molecule has 5 rings (SSSR count). The summed E-state index contributed by atoms with van der Waals surface area (Å²) >= 11 is 3.58. The molecular weight excluding hydrogens is 527 g/mol. The van der Waals surface area contributed by atoms with Gasteiger partial charge in [-0.15, -0.1) is 0 Å². The predicted octanol–water partition coefficient (Wildman–Crippen LogP) is 5.52. The van der Waals surface area contributed by atoms with Crippen molar-refractivity contribution in [3.05, 3.63) is 71.1 Å². The van der Waals surface area contributed by atoms with Crippen molar-refractivity contribution in [2.45, 2.75) is 18.9 Å². The second-order valence-corrected chi connectivity index (χ2v) is 9.53. The normalized spacial score (nSPS) is 14.5. The lowest BCUT2D eigenvalue weighted by Crippen LogP contribution is -2.44. The second-order valence-electron chi connectivity index (χ2n) is 8.67. The molecule has 2 aromatic heterocycles. The number of benzene rings is 2. The quantitative estimate of drug-likeness (QED) is 0.338. The van der Waals surface area contributed by atoms with E-state index in [1.807, 2.05) is 30.3 Å². The van der Waals surface area contributed by atoms with E-state index in [-0.39, 0.29) is 23.7 Å². The number of hydrogen-bond acceptors (Lipinski definition) is 7. The number of piperidine rings is 1. The molecule has 1 fully saturated rings. The summed E-state index contributed by atoms with van der Waals surface area (Å²) in [6.07, 6.45) is 2.81. The molecule has 1 aliphatic rings. The Bertz CT molecular complexity index is 1390. The van der Waals surface area contributed by atoms with E-state index >= 15 is 0 Å². The largest absolute Gasteiger partial charge is 0.414 e. The van der Waals surface area contributed by atoms with Gasteiger partial charge >= 0.3 is 6.09 Å². The molecule has 10 heteroatoms. The molecule has 0 bridgehead atoms. The molecule has 3 heterocycles. The van der Waals surface area contributed by atoms with Crippen molar-refractivity contribution in [3.8, 4) is 17.0 Å². The number of hydrogen-bond donors (Lipinski definition) is 2. The van der Waals surface area contributed by atoms with Crippen molar-refractivity contribution in [3.63, 3.8) is 0 Å². The van der Waals surface area contributed by atoms with Gasteiger partial charge in [0.1, 0.15) is 5.82 Å². The minimum atomic E-state index is -0.552. The topological polar surface area (TPSA) is 92.3 Å². The minimum absolute atomic E-state index is 0.0508. The summed E-state index contributed by atoms with van der Waals surface area (Å²) in [4.78, 5) is 28.5. The zero-order valence-electron chi connectivity index (χ0n) is 19.5. The van der Waals surface area contributed by atoms with Crippen LogP contribution in [0.1, 0.15) is 12.8 Å². The van der Waals surface area contributed by atoms with Crippen LogP contribution < -0.4 is 15.4 Å². The van der Waals surface area contributed by atoms with Crippen molar-refractivity contribution in [1.82, 2.24) is 25.2 Å². The Morgan fingerprint density at radius 1 is 1.08 bits per heavy atom. The van der Waals surface area contributed by atoms with Crippen LogP contribution in [0.4, 0.5) is 20.8 Å². The van der Waals surface area contributed by atoms with Crippen LogP contribution in [-0.4, -0.2) is 52.1 Å². The third-order valence-corrected chi connectivity index (χ3v) is 6.72. The van der Waals surface area contributed by atoms with Gasteiger partial charge in [-0.2, -0.15) is 9.97 Å². The number of halogens is 2. The molecule has 1 aliphatic heterocycles. The molecule has 0 radical (unpaired) electrons. The number of nitrogens with zero attached hydrogens (tertiary/aromatic N) is 4. The molecule has 8 nitrogen and oxygen atoms in total. The average Bonchev–Trinajstić information content (AvgIpc) is 2.87. The highest BCUT2D eigenvalue weighted by Crippen LogP contribution is 2.36. The molecule has 0 unspecified atom stereocenters. The van der Waals surface area contributed by atoms with Crippen molar-refractivity contribution in [2.24, 2.45) is 0 Å². The number of fused-ring (bicyclic) bond motifs is 1. The van der Waals surface area contributed by atoms with E-state index in [2.05, 4.69) is 53.5 Å². The molecule has 184 valence electrons. The molecule has 0 aliphatic carbocycles. The molecule has 0 spiro atoms. The third kappa shape index (κ3) is 5.60. The lowest BCUT2D eigenvalue weighted by Gasteiger charge is -2.29. The summed E-state index contributed by atoms with van der Waals surface area (Å²) in [5, 5.41) is 6.67. The molecule has 1 saturated heterocycles. The Morgan fingerprint density at radius 2 is 1.83 bits per heavy atom. The number of nitrogens with one attached hydrogen (secondary N) is 2. The van der Waals surface area contributed by atoms with E-state index in [1.165, 1.54) is 12.1 Å². The minimum Gasteiger partial charge on any atom is -0.391 e. The first kappa shape index (κ1) is 24.1. The Hall–Kier alpha value is -3.63. The van der Waals surface area contributed by atoms with Crippen molar-refractivity contribution < 1.29 is 13.9 Å². The van der Waals surface area contributed by atoms with E-state index < -0.39 is 6.09 Å². The van der Waals surface area contributed by atoms with E-state index in [1.54, 1.807) is 18.3 Å². The SMILES string of the molecule is CN1CCC(NC(=O)Oc2nc3nc(Nc4ccc(F)cc4)ncc3cc2-c2ccccc2Br)CC1. The maximum absolute atomic E-state index is 13.2. The van der Waals surface area contributed by atoms with Gasteiger partial charge in [-0.3, -0.25) is 0 Å². The lowest BCUT2D eigenvalue weighted by molar-refractivity contribution is 0.181. The number of ether oxygens (including phenoxy) is 1. The summed E-state index contributed by atoms with van der Waals surface area (Å²) in [5.74, 6) is 0.102.